The molecule has 2 heterocycles. The number of thiazole rings is 2. The Hall–Kier alpha value is -6.98. The lowest BCUT2D eigenvalue weighted by Gasteiger charge is -2.09. The van der Waals surface area contributed by atoms with Crippen molar-refractivity contribution in [3.63, 3.8) is 0 Å². The smallest absolute Gasteiger partial charge is 0.392 e. The number of amides is 2. The van der Waals surface area contributed by atoms with E-state index < -0.39 is 38.4 Å². The van der Waals surface area contributed by atoms with Crippen molar-refractivity contribution in [2.75, 3.05) is 23.8 Å². The Balaban J connectivity index is 0.000000191. The molecule has 0 atom stereocenters. The number of phenolic OH excluding ortho intramolecular Hbond substituents is 1. The fourth-order valence-corrected chi connectivity index (χ4v) is 8.04. The minimum Gasteiger partial charge on any atom is -0.508 e. The molecule has 0 bridgehead atoms. The van der Waals surface area contributed by atoms with Crippen molar-refractivity contribution < 1.29 is 50.5 Å². The molecule has 0 saturated carbocycles. The van der Waals surface area contributed by atoms with Gasteiger partial charge in [-0.25, -0.2) is 9.97 Å². The summed E-state index contributed by atoms with van der Waals surface area (Å²) >= 11 is 3.07. The van der Waals surface area contributed by atoms with Crippen molar-refractivity contribution >= 4 is 66.3 Å². The summed E-state index contributed by atoms with van der Waals surface area (Å²) in [4.78, 5) is 34.1. The fraction of sp³-hybridized carbons (Fsp3) is 0.149. The first-order valence-electron chi connectivity index (χ1n) is 19.4. The summed E-state index contributed by atoms with van der Waals surface area (Å²) in [5, 5.41) is 16.9. The van der Waals surface area contributed by atoms with Crippen LogP contribution in [0.4, 0.5) is 37.7 Å². The predicted molar refractivity (Wildman–Crippen MR) is 238 cm³/mol. The van der Waals surface area contributed by atoms with Gasteiger partial charge in [0.1, 0.15) is 27.3 Å². The molecule has 0 unspecified atom stereocenters. The number of alkyl halides is 6. The van der Waals surface area contributed by atoms with Gasteiger partial charge in [-0.3, -0.25) is 9.59 Å². The second-order valence-electron chi connectivity index (χ2n) is 14.2. The maximum absolute atomic E-state index is 12.5. The van der Waals surface area contributed by atoms with Crippen LogP contribution >= 0.6 is 22.7 Å². The Kier molecular flexibility index (Phi) is 13.8. The second kappa shape index (κ2) is 19.6. The van der Waals surface area contributed by atoms with Crippen LogP contribution in [0, 0.1) is 6.92 Å². The number of rotatable bonds is 12. The molecule has 8 rings (SSSR count). The summed E-state index contributed by atoms with van der Waals surface area (Å²) in [6, 6.07) is 37.6. The van der Waals surface area contributed by atoms with Crippen LogP contribution in [-0.4, -0.2) is 52.5 Å². The van der Waals surface area contributed by atoms with Gasteiger partial charge in [0.05, 0.1) is 46.5 Å². The van der Waals surface area contributed by atoms with Crippen molar-refractivity contribution in [2.45, 2.75) is 32.1 Å². The number of hydrogen-bond acceptors (Lipinski definition) is 9. The standard InChI is InChI=1S/C24H19F3N2O2S.C23H17F3N2O3S/c1-15-2-11-20-21(14-15)32-23(29-20)17-3-7-18(8-4-17)28-22(30)16-5-9-19(10-6-16)31-13-12-24(25,26)27;24-23(25,26)11-12-31-18-8-3-14(4-9-18)21(30)27-16-5-1-15(2-6-16)22-28-19-10-7-17(29)13-20(19)32-22/h2-11,14H,12-13H2,1H3,(H,28,30);1-10,13,29H,11-12H2,(H,27,30). The average molecular weight is 915 g/mol. The number of hydrogen-bond donors (Lipinski definition) is 3. The number of anilines is 2. The van der Waals surface area contributed by atoms with E-state index in [2.05, 4.69) is 26.7 Å². The number of aromatic hydroxyl groups is 1. The molecule has 8 aromatic rings. The highest BCUT2D eigenvalue weighted by molar-refractivity contribution is 7.22. The molecule has 2 amide bonds. The molecule has 328 valence electrons. The van der Waals surface area contributed by atoms with E-state index in [0.29, 0.717) is 22.5 Å². The largest absolute Gasteiger partial charge is 0.508 e. The van der Waals surface area contributed by atoms with E-state index in [1.165, 1.54) is 65.4 Å². The van der Waals surface area contributed by atoms with E-state index in [9.17, 15) is 41.0 Å². The highest BCUT2D eigenvalue weighted by Crippen LogP contribution is 2.34. The monoisotopic (exact) mass is 914 g/mol. The van der Waals surface area contributed by atoms with Gasteiger partial charge < -0.3 is 25.2 Å². The molecule has 0 aliphatic carbocycles. The molecule has 0 fully saturated rings. The number of ether oxygens (including phenoxy) is 2. The summed E-state index contributed by atoms with van der Waals surface area (Å²) in [5.74, 6) is 0.0530. The molecular weight excluding hydrogens is 879 g/mol. The van der Waals surface area contributed by atoms with Crippen LogP contribution in [0.5, 0.6) is 17.2 Å². The number of aryl methyl sites for hydroxylation is 1. The number of nitrogens with zero attached hydrogens (tertiary/aromatic N) is 2. The summed E-state index contributed by atoms with van der Waals surface area (Å²) in [7, 11) is 0. The first kappa shape index (κ1) is 45.1. The van der Waals surface area contributed by atoms with Crippen LogP contribution in [0.1, 0.15) is 39.1 Å². The van der Waals surface area contributed by atoms with Crippen LogP contribution < -0.4 is 20.1 Å². The highest BCUT2D eigenvalue weighted by atomic mass is 32.1. The Bertz CT molecular complexity index is 2670. The molecular formula is C47H36F6N4O5S2. The second-order valence-corrected chi connectivity index (χ2v) is 16.3. The lowest BCUT2D eigenvalue weighted by atomic mass is 10.2. The number of fused-ring (bicyclic) bond motifs is 2. The molecule has 0 aliphatic rings. The number of nitrogens with one attached hydrogen (secondary N) is 2. The lowest BCUT2D eigenvalue weighted by Crippen LogP contribution is -2.13. The number of aromatic nitrogens is 2. The van der Waals surface area contributed by atoms with E-state index in [1.54, 1.807) is 53.8 Å². The first-order chi connectivity index (χ1) is 30.5. The Labute approximate surface area is 370 Å². The van der Waals surface area contributed by atoms with E-state index in [-0.39, 0.29) is 29.1 Å². The van der Waals surface area contributed by atoms with Crippen molar-refractivity contribution in [3.8, 4) is 38.4 Å². The number of phenols is 1. The van der Waals surface area contributed by atoms with E-state index in [4.69, 9.17) is 9.47 Å². The molecule has 0 radical (unpaired) electrons. The van der Waals surface area contributed by atoms with Crippen LogP contribution in [0.25, 0.3) is 41.6 Å². The molecule has 0 saturated heterocycles. The quantitative estimate of drug-likeness (QED) is 0.104. The zero-order valence-electron chi connectivity index (χ0n) is 33.6. The fourth-order valence-electron chi connectivity index (χ4n) is 5.97. The van der Waals surface area contributed by atoms with Gasteiger partial charge in [0.15, 0.2) is 0 Å². The molecule has 2 aromatic heterocycles. The predicted octanol–water partition coefficient (Wildman–Crippen LogP) is 13.1. The molecule has 17 heteroatoms. The zero-order valence-corrected chi connectivity index (χ0v) is 35.2. The Morgan fingerprint density at radius 2 is 0.969 bits per heavy atom. The minimum absolute atomic E-state index is 0.187. The molecule has 9 nitrogen and oxygen atoms in total. The van der Waals surface area contributed by atoms with Gasteiger partial charge in [-0.15, -0.1) is 22.7 Å². The number of halogens is 6. The molecule has 0 spiro atoms. The van der Waals surface area contributed by atoms with Crippen LogP contribution in [-0.2, 0) is 0 Å². The van der Waals surface area contributed by atoms with Crippen molar-refractivity contribution in [2.24, 2.45) is 0 Å². The van der Waals surface area contributed by atoms with Gasteiger partial charge in [-0.2, -0.15) is 26.3 Å². The molecule has 64 heavy (non-hydrogen) atoms. The summed E-state index contributed by atoms with van der Waals surface area (Å²) < 4.78 is 85.2. The number of carbonyl (C=O) groups is 2. The van der Waals surface area contributed by atoms with Gasteiger partial charge in [-0.1, -0.05) is 6.07 Å². The van der Waals surface area contributed by atoms with Gasteiger partial charge in [0.25, 0.3) is 11.8 Å². The van der Waals surface area contributed by atoms with Crippen molar-refractivity contribution in [1.29, 1.82) is 0 Å². The van der Waals surface area contributed by atoms with Crippen LogP contribution in [0.3, 0.4) is 0 Å². The van der Waals surface area contributed by atoms with Crippen molar-refractivity contribution in [3.05, 3.63) is 150 Å². The SMILES string of the molecule is Cc1ccc2nc(-c3ccc(NC(=O)c4ccc(OCCC(F)(F)F)cc4)cc3)sc2c1.O=C(Nc1ccc(-c2nc3ccc(O)cc3s2)cc1)c1ccc(OCCC(F)(F)F)cc1. The summed E-state index contributed by atoms with van der Waals surface area (Å²) in [6.07, 6.45) is -10.6. The maximum atomic E-state index is 12.5. The van der Waals surface area contributed by atoms with Gasteiger partial charge in [-0.05, 0) is 140 Å². The van der Waals surface area contributed by atoms with E-state index >= 15 is 0 Å². The third kappa shape index (κ3) is 12.6. The minimum atomic E-state index is -4.27. The average Bonchev–Trinajstić information content (AvgIpc) is 3.88. The molecule has 6 aromatic carbocycles. The third-order valence-electron chi connectivity index (χ3n) is 9.24. The zero-order chi connectivity index (χ0) is 45.4. The van der Waals surface area contributed by atoms with Gasteiger partial charge in [0, 0.05) is 33.6 Å². The first-order valence-corrected chi connectivity index (χ1v) is 21.1. The summed E-state index contributed by atoms with van der Waals surface area (Å²) in [6.45, 7) is 1.11. The summed E-state index contributed by atoms with van der Waals surface area (Å²) in [5.41, 5.74) is 6.72. The molecule has 3 N–H and O–H groups in total. The van der Waals surface area contributed by atoms with Crippen LogP contribution in [0.15, 0.2) is 133 Å². The van der Waals surface area contributed by atoms with Crippen molar-refractivity contribution in [1.82, 2.24) is 9.97 Å². The van der Waals surface area contributed by atoms with Crippen LogP contribution in [0.2, 0.25) is 0 Å². The third-order valence-corrected chi connectivity index (χ3v) is 11.4. The van der Waals surface area contributed by atoms with Gasteiger partial charge >= 0.3 is 12.4 Å². The lowest BCUT2D eigenvalue weighted by molar-refractivity contribution is -0.140. The number of carbonyl (C=O) groups excluding carboxylic acids is 2. The Morgan fingerprint density at radius 3 is 1.39 bits per heavy atom. The molecule has 0 aliphatic heterocycles. The number of benzene rings is 6. The maximum Gasteiger partial charge on any atom is 0.392 e. The topological polar surface area (TPSA) is 123 Å². The Morgan fingerprint density at radius 1 is 0.562 bits per heavy atom. The van der Waals surface area contributed by atoms with E-state index in [0.717, 1.165) is 41.6 Å². The normalized spacial score (nSPS) is 11.5. The highest BCUT2D eigenvalue weighted by Gasteiger charge is 2.27. The van der Waals surface area contributed by atoms with E-state index in [1.807, 2.05) is 43.3 Å². The van der Waals surface area contributed by atoms with Gasteiger partial charge in [0.2, 0.25) is 0 Å².